The van der Waals surface area contributed by atoms with Gasteiger partial charge in [0.05, 0.1) is 6.54 Å². The molecule has 114 valence electrons. The van der Waals surface area contributed by atoms with Crippen molar-refractivity contribution in [2.75, 3.05) is 26.2 Å². The smallest absolute Gasteiger partial charge is 0.118 e. The van der Waals surface area contributed by atoms with E-state index in [9.17, 15) is 0 Å². The van der Waals surface area contributed by atoms with E-state index >= 15 is 0 Å². The molecule has 1 aliphatic heterocycles. The van der Waals surface area contributed by atoms with Crippen LogP contribution in [0.4, 0.5) is 0 Å². The van der Waals surface area contributed by atoms with Gasteiger partial charge in [-0.05, 0) is 56.4 Å². The Kier molecular flexibility index (Phi) is 4.78. The van der Waals surface area contributed by atoms with Crippen LogP contribution >= 0.6 is 11.3 Å². The summed E-state index contributed by atoms with van der Waals surface area (Å²) in [4.78, 5) is 6.57. The highest BCUT2D eigenvalue weighted by Crippen LogP contribution is 2.17. The lowest BCUT2D eigenvalue weighted by Gasteiger charge is -2.20. The maximum atomic E-state index is 5.82. The first-order valence-electron chi connectivity index (χ1n) is 7.74. The summed E-state index contributed by atoms with van der Waals surface area (Å²) in [6.45, 7) is 10.9. The van der Waals surface area contributed by atoms with Gasteiger partial charge in [0, 0.05) is 24.5 Å². The Labute approximate surface area is 131 Å². The van der Waals surface area contributed by atoms with Crippen molar-refractivity contribution in [3.63, 3.8) is 0 Å². The van der Waals surface area contributed by atoms with Gasteiger partial charge in [0.1, 0.15) is 11.5 Å². The summed E-state index contributed by atoms with van der Waals surface area (Å²) < 4.78 is 5.82. The number of aryl methyl sites for hydroxylation is 2. The molecule has 0 N–H and O–H groups in total. The van der Waals surface area contributed by atoms with Crippen LogP contribution < -0.4 is 0 Å². The zero-order valence-electron chi connectivity index (χ0n) is 13.0. The van der Waals surface area contributed by atoms with Crippen LogP contribution in [0.15, 0.2) is 28.0 Å². The summed E-state index contributed by atoms with van der Waals surface area (Å²) in [7, 11) is 0. The van der Waals surface area contributed by atoms with Gasteiger partial charge in [-0.25, -0.2) is 0 Å². The molecule has 3 nitrogen and oxygen atoms in total. The molecule has 1 aliphatic rings. The van der Waals surface area contributed by atoms with E-state index in [1.54, 1.807) is 0 Å². The first-order chi connectivity index (χ1) is 10.2. The molecule has 3 heterocycles. The van der Waals surface area contributed by atoms with Gasteiger partial charge in [-0.1, -0.05) is 6.07 Å². The minimum atomic E-state index is 0.946. The van der Waals surface area contributed by atoms with Crippen LogP contribution in [0.25, 0.3) is 0 Å². The number of hydrogen-bond acceptors (Lipinski definition) is 4. The van der Waals surface area contributed by atoms with Crippen molar-refractivity contribution < 1.29 is 4.42 Å². The van der Waals surface area contributed by atoms with E-state index < -0.39 is 0 Å². The third-order valence-corrected chi connectivity index (χ3v) is 5.10. The van der Waals surface area contributed by atoms with Crippen LogP contribution in [0, 0.1) is 13.8 Å². The van der Waals surface area contributed by atoms with Gasteiger partial charge in [-0.2, -0.15) is 0 Å². The molecule has 4 heteroatoms. The Morgan fingerprint density at radius 1 is 1.10 bits per heavy atom. The van der Waals surface area contributed by atoms with Crippen molar-refractivity contribution in [1.82, 2.24) is 9.80 Å². The van der Waals surface area contributed by atoms with Crippen molar-refractivity contribution in [2.45, 2.75) is 33.4 Å². The van der Waals surface area contributed by atoms with Gasteiger partial charge in [0.2, 0.25) is 0 Å². The fourth-order valence-corrected chi connectivity index (χ4v) is 3.66. The molecule has 0 spiro atoms. The molecule has 1 saturated heterocycles. The third kappa shape index (κ3) is 3.96. The molecule has 0 saturated carbocycles. The monoisotopic (exact) mass is 304 g/mol. The van der Waals surface area contributed by atoms with E-state index in [0.29, 0.717) is 0 Å². The Hall–Kier alpha value is -1.10. The van der Waals surface area contributed by atoms with E-state index in [0.717, 1.165) is 37.7 Å². The van der Waals surface area contributed by atoms with Gasteiger partial charge in [-0.3, -0.25) is 9.80 Å². The van der Waals surface area contributed by atoms with Crippen molar-refractivity contribution in [3.05, 3.63) is 45.5 Å². The van der Waals surface area contributed by atoms with E-state index in [1.165, 1.54) is 30.0 Å². The summed E-state index contributed by atoms with van der Waals surface area (Å²) in [6.07, 6.45) is 1.24. The quantitative estimate of drug-likeness (QED) is 0.859. The Balaban J connectivity index is 1.53. The Morgan fingerprint density at radius 3 is 2.48 bits per heavy atom. The highest BCUT2D eigenvalue weighted by molar-refractivity contribution is 7.09. The zero-order chi connectivity index (χ0) is 14.7. The molecule has 2 aromatic heterocycles. The van der Waals surface area contributed by atoms with Gasteiger partial charge >= 0.3 is 0 Å². The summed E-state index contributed by atoms with van der Waals surface area (Å²) in [5.41, 5.74) is 1.26. The third-order valence-electron chi connectivity index (χ3n) is 4.24. The molecule has 0 bridgehead atoms. The van der Waals surface area contributed by atoms with Crippen molar-refractivity contribution >= 4 is 11.3 Å². The molecule has 1 fully saturated rings. The van der Waals surface area contributed by atoms with Crippen LogP contribution in [0.5, 0.6) is 0 Å². The fraction of sp³-hybridized carbons (Fsp3) is 0.529. The molecule has 0 atom stereocenters. The second kappa shape index (κ2) is 6.77. The molecule has 0 aromatic carbocycles. The summed E-state index contributed by atoms with van der Waals surface area (Å²) in [6, 6.07) is 6.57. The van der Waals surface area contributed by atoms with Crippen molar-refractivity contribution in [2.24, 2.45) is 0 Å². The van der Waals surface area contributed by atoms with Crippen LogP contribution in [-0.2, 0) is 13.1 Å². The summed E-state index contributed by atoms with van der Waals surface area (Å²) >= 11 is 1.86. The average molecular weight is 304 g/mol. The predicted octanol–water partition coefficient (Wildman–Crippen LogP) is 3.67. The highest BCUT2D eigenvalue weighted by Gasteiger charge is 2.16. The van der Waals surface area contributed by atoms with Crippen molar-refractivity contribution in [1.29, 1.82) is 0 Å². The van der Waals surface area contributed by atoms with Crippen LogP contribution in [0.3, 0.4) is 0 Å². The minimum absolute atomic E-state index is 0.946. The topological polar surface area (TPSA) is 19.6 Å². The van der Waals surface area contributed by atoms with Crippen LogP contribution in [-0.4, -0.2) is 36.0 Å². The van der Waals surface area contributed by atoms with E-state index in [-0.39, 0.29) is 0 Å². The zero-order valence-corrected chi connectivity index (χ0v) is 13.8. The predicted molar refractivity (Wildman–Crippen MR) is 87.7 cm³/mol. The highest BCUT2D eigenvalue weighted by atomic mass is 32.1. The molecule has 0 unspecified atom stereocenters. The van der Waals surface area contributed by atoms with Crippen molar-refractivity contribution in [3.8, 4) is 0 Å². The van der Waals surface area contributed by atoms with Gasteiger partial charge < -0.3 is 4.42 Å². The van der Waals surface area contributed by atoms with E-state index in [4.69, 9.17) is 4.42 Å². The summed E-state index contributed by atoms with van der Waals surface area (Å²) in [5.74, 6) is 2.16. The standard InChI is InChI=1S/C17H24N2OS/c1-14-11-16(20-15(14)2)12-18-6-4-7-19(9-8-18)13-17-5-3-10-21-17/h3,5,10-11H,4,6-9,12-13H2,1-2H3. The maximum Gasteiger partial charge on any atom is 0.118 e. The number of hydrogen-bond donors (Lipinski definition) is 0. The van der Waals surface area contributed by atoms with Crippen LogP contribution in [0.1, 0.15) is 28.4 Å². The Morgan fingerprint density at radius 2 is 1.86 bits per heavy atom. The lowest BCUT2D eigenvalue weighted by atomic mass is 10.3. The molecule has 3 rings (SSSR count). The molecule has 0 aliphatic carbocycles. The molecule has 2 aromatic rings. The minimum Gasteiger partial charge on any atom is -0.465 e. The lowest BCUT2D eigenvalue weighted by Crippen LogP contribution is -2.30. The number of thiophene rings is 1. The SMILES string of the molecule is Cc1cc(CN2CCCN(Cc3cccs3)CC2)oc1C. The molecular weight excluding hydrogens is 280 g/mol. The van der Waals surface area contributed by atoms with Gasteiger partial charge in [0.15, 0.2) is 0 Å². The normalized spacial score (nSPS) is 18.0. The van der Waals surface area contributed by atoms with E-state index in [1.807, 2.05) is 18.3 Å². The second-order valence-electron chi connectivity index (χ2n) is 5.94. The largest absolute Gasteiger partial charge is 0.465 e. The fourth-order valence-electron chi connectivity index (χ4n) is 2.91. The maximum absolute atomic E-state index is 5.82. The lowest BCUT2D eigenvalue weighted by molar-refractivity contribution is 0.234. The average Bonchev–Trinajstić information content (AvgIpc) is 2.99. The van der Waals surface area contributed by atoms with E-state index in [2.05, 4.69) is 40.3 Å². The first kappa shape index (κ1) is 14.8. The number of nitrogens with zero attached hydrogens (tertiary/aromatic N) is 2. The van der Waals surface area contributed by atoms with Gasteiger partial charge in [-0.15, -0.1) is 11.3 Å². The number of rotatable bonds is 4. The first-order valence-corrected chi connectivity index (χ1v) is 8.61. The van der Waals surface area contributed by atoms with Crippen LogP contribution in [0.2, 0.25) is 0 Å². The molecule has 21 heavy (non-hydrogen) atoms. The molecular formula is C17H24N2OS. The molecule has 0 amide bonds. The number of furan rings is 1. The van der Waals surface area contributed by atoms with Gasteiger partial charge in [0.25, 0.3) is 0 Å². The molecule has 0 radical (unpaired) electrons. The second-order valence-corrected chi connectivity index (χ2v) is 6.97. The summed E-state index contributed by atoms with van der Waals surface area (Å²) in [5, 5.41) is 2.17. The Bertz CT molecular complexity index is 542.